The maximum Gasteiger partial charge on any atom is 0.217 e. The summed E-state index contributed by atoms with van der Waals surface area (Å²) < 4.78 is 6.98. The molecular formula is C12H17N5O. The fraction of sp³-hybridized carbons (Fsp3) is 0.417. The van der Waals surface area contributed by atoms with Crippen molar-refractivity contribution in [2.45, 2.75) is 12.5 Å². The SMILES string of the molecule is CNC(Cc1cn(C)nn1)c1cccnc1OC. The van der Waals surface area contributed by atoms with Crippen molar-refractivity contribution in [3.05, 3.63) is 35.8 Å². The zero-order valence-corrected chi connectivity index (χ0v) is 10.8. The van der Waals surface area contributed by atoms with Crippen LogP contribution in [0.1, 0.15) is 17.3 Å². The molecular weight excluding hydrogens is 230 g/mol. The number of rotatable bonds is 5. The van der Waals surface area contributed by atoms with Crippen molar-refractivity contribution in [2.24, 2.45) is 7.05 Å². The van der Waals surface area contributed by atoms with Crippen molar-refractivity contribution in [1.29, 1.82) is 0 Å². The van der Waals surface area contributed by atoms with E-state index >= 15 is 0 Å². The molecule has 96 valence electrons. The molecule has 0 aliphatic carbocycles. The molecule has 1 atom stereocenters. The van der Waals surface area contributed by atoms with Crippen molar-refractivity contribution in [3.8, 4) is 5.88 Å². The molecule has 2 aromatic rings. The average molecular weight is 247 g/mol. The molecule has 2 rings (SSSR count). The molecule has 2 heterocycles. The molecule has 0 aliphatic rings. The Bertz CT molecular complexity index is 511. The molecule has 0 spiro atoms. The van der Waals surface area contributed by atoms with Crippen LogP contribution in [-0.4, -0.2) is 34.1 Å². The van der Waals surface area contributed by atoms with Crippen molar-refractivity contribution in [1.82, 2.24) is 25.3 Å². The minimum atomic E-state index is 0.102. The molecule has 18 heavy (non-hydrogen) atoms. The molecule has 0 amide bonds. The molecule has 0 saturated heterocycles. The van der Waals surface area contributed by atoms with Crippen LogP contribution in [0.25, 0.3) is 0 Å². The summed E-state index contributed by atoms with van der Waals surface area (Å²) in [5.74, 6) is 0.640. The van der Waals surface area contributed by atoms with E-state index in [1.165, 1.54) is 0 Å². The molecule has 6 heteroatoms. The molecule has 2 aromatic heterocycles. The number of hydrogen-bond donors (Lipinski definition) is 1. The number of hydrogen-bond acceptors (Lipinski definition) is 5. The van der Waals surface area contributed by atoms with Crippen LogP contribution in [-0.2, 0) is 13.5 Å². The van der Waals surface area contributed by atoms with E-state index in [-0.39, 0.29) is 6.04 Å². The first-order valence-electron chi connectivity index (χ1n) is 5.76. The second kappa shape index (κ2) is 5.59. The average Bonchev–Trinajstić information content (AvgIpc) is 2.81. The number of ether oxygens (including phenoxy) is 1. The molecule has 0 saturated carbocycles. The number of likely N-dealkylation sites (N-methyl/N-ethyl adjacent to an activating group) is 1. The summed E-state index contributed by atoms with van der Waals surface area (Å²) in [6.45, 7) is 0. The smallest absolute Gasteiger partial charge is 0.217 e. The molecule has 1 unspecified atom stereocenters. The first-order chi connectivity index (χ1) is 8.74. The molecule has 1 N–H and O–H groups in total. The van der Waals surface area contributed by atoms with Crippen LogP contribution in [0, 0.1) is 0 Å². The van der Waals surface area contributed by atoms with E-state index in [1.54, 1.807) is 18.0 Å². The highest BCUT2D eigenvalue weighted by atomic mass is 16.5. The minimum absolute atomic E-state index is 0.102. The van der Waals surface area contributed by atoms with E-state index in [0.29, 0.717) is 5.88 Å². The van der Waals surface area contributed by atoms with Crippen molar-refractivity contribution in [2.75, 3.05) is 14.2 Å². The van der Waals surface area contributed by atoms with Gasteiger partial charge in [0.15, 0.2) is 0 Å². The second-order valence-electron chi connectivity index (χ2n) is 4.03. The number of pyridine rings is 1. The van der Waals surface area contributed by atoms with Gasteiger partial charge in [-0.3, -0.25) is 4.68 Å². The van der Waals surface area contributed by atoms with Crippen LogP contribution in [0.3, 0.4) is 0 Å². The van der Waals surface area contributed by atoms with Crippen LogP contribution in [0.4, 0.5) is 0 Å². The van der Waals surface area contributed by atoms with Gasteiger partial charge in [0.05, 0.1) is 12.8 Å². The lowest BCUT2D eigenvalue weighted by molar-refractivity contribution is 0.384. The number of nitrogens with zero attached hydrogens (tertiary/aromatic N) is 4. The monoisotopic (exact) mass is 247 g/mol. The minimum Gasteiger partial charge on any atom is -0.481 e. The highest BCUT2D eigenvalue weighted by Gasteiger charge is 2.16. The van der Waals surface area contributed by atoms with Crippen molar-refractivity contribution >= 4 is 0 Å². The van der Waals surface area contributed by atoms with Gasteiger partial charge < -0.3 is 10.1 Å². The molecule has 0 fully saturated rings. The Balaban J connectivity index is 2.22. The lowest BCUT2D eigenvalue weighted by Gasteiger charge is -2.17. The first kappa shape index (κ1) is 12.5. The Morgan fingerprint density at radius 3 is 2.94 bits per heavy atom. The Morgan fingerprint density at radius 1 is 1.50 bits per heavy atom. The van der Waals surface area contributed by atoms with E-state index in [4.69, 9.17) is 4.74 Å². The Morgan fingerprint density at radius 2 is 2.33 bits per heavy atom. The number of aryl methyl sites for hydroxylation is 1. The maximum absolute atomic E-state index is 5.28. The molecule has 0 radical (unpaired) electrons. The van der Waals surface area contributed by atoms with Gasteiger partial charge in [-0.15, -0.1) is 5.10 Å². The quantitative estimate of drug-likeness (QED) is 0.843. The number of methoxy groups -OCH3 is 1. The van der Waals surface area contributed by atoms with E-state index in [2.05, 4.69) is 20.6 Å². The Hall–Kier alpha value is -1.95. The predicted octanol–water partition coefficient (Wildman–Crippen LogP) is 0.722. The van der Waals surface area contributed by atoms with Crippen molar-refractivity contribution < 1.29 is 4.74 Å². The van der Waals surface area contributed by atoms with Gasteiger partial charge in [0, 0.05) is 37.5 Å². The standard InChI is InChI=1S/C12H17N5O/c1-13-11(7-9-8-17(2)16-15-9)10-5-4-6-14-12(10)18-3/h4-6,8,11,13H,7H2,1-3H3. The molecule has 0 aliphatic heterocycles. The van der Waals surface area contributed by atoms with Crippen LogP contribution in [0.15, 0.2) is 24.5 Å². The first-order valence-corrected chi connectivity index (χ1v) is 5.76. The van der Waals surface area contributed by atoms with E-state index < -0.39 is 0 Å². The second-order valence-corrected chi connectivity index (χ2v) is 4.03. The maximum atomic E-state index is 5.28. The third kappa shape index (κ3) is 2.65. The van der Waals surface area contributed by atoms with Crippen LogP contribution < -0.4 is 10.1 Å². The lowest BCUT2D eigenvalue weighted by atomic mass is 10.0. The zero-order chi connectivity index (χ0) is 13.0. The normalized spacial score (nSPS) is 12.4. The van der Waals surface area contributed by atoms with Crippen molar-refractivity contribution in [3.63, 3.8) is 0 Å². The van der Waals surface area contributed by atoms with Gasteiger partial charge in [-0.2, -0.15) is 0 Å². The summed E-state index contributed by atoms with van der Waals surface area (Å²) in [5, 5.41) is 11.3. The summed E-state index contributed by atoms with van der Waals surface area (Å²) in [6.07, 6.45) is 4.37. The highest BCUT2D eigenvalue weighted by Crippen LogP contribution is 2.24. The van der Waals surface area contributed by atoms with Gasteiger partial charge in [0.1, 0.15) is 0 Å². The van der Waals surface area contributed by atoms with E-state index in [9.17, 15) is 0 Å². The molecule has 0 bridgehead atoms. The van der Waals surface area contributed by atoms with Crippen LogP contribution in [0.5, 0.6) is 5.88 Å². The fourth-order valence-corrected chi connectivity index (χ4v) is 1.90. The van der Waals surface area contributed by atoms with Gasteiger partial charge in [-0.25, -0.2) is 4.98 Å². The largest absolute Gasteiger partial charge is 0.481 e. The Kier molecular flexibility index (Phi) is 3.88. The van der Waals surface area contributed by atoms with E-state index in [1.807, 2.05) is 32.4 Å². The summed E-state index contributed by atoms with van der Waals surface area (Å²) >= 11 is 0. The number of aromatic nitrogens is 4. The third-order valence-corrected chi connectivity index (χ3v) is 2.78. The summed E-state index contributed by atoms with van der Waals surface area (Å²) in [5.41, 5.74) is 1.95. The molecule has 6 nitrogen and oxygen atoms in total. The Labute approximate surface area is 106 Å². The predicted molar refractivity (Wildman–Crippen MR) is 67.3 cm³/mol. The zero-order valence-electron chi connectivity index (χ0n) is 10.8. The van der Waals surface area contributed by atoms with Gasteiger partial charge in [-0.05, 0) is 13.1 Å². The molecule has 0 aromatic carbocycles. The van der Waals surface area contributed by atoms with Gasteiger partial charge in [0.2, 0.25) is 5.88 Å². The summed E-state index contributed by atoms with van der Waals surface area (Å²) in [7, 11) is 5.39. The van der Waals surface area contributed by atoms with E-state index in [0.717, 1.165) is 17.7 Å². The van der Waals surface area contributed by atoms with Crippen LogP contribution in [0.2, 0.25) is 0 Å². The van der Waals surface area contributed by atoms with Gasteiger partial charge in [-0.1, -0.05) is 11.3 Å². The summed E-state index contributed by atoms with van der Waals surface area (Å²) in [6, 6.07) is 4.01. The third-order valence-electron chi connectivity index (χ3n) is 2.78. The topological polar surface area (TPSA) is 64.9 Å². The fourth-order valence-electron chi connectivity index (χ4n) is 1.90. The van der Waals surface area contributed by atoms with Crippen LogP contribution >= 0.6 is 0 Å². The van der Waals surface area contributed by atoms with Gasteiger partial charge >= 0.3 is 0 Å². The highest BCUT2D eigenvalue weighted by molar-refractivity contribution is 5.29. The summed E-state index contributed by atoms with van der Waals surface area (Å²) in [4.78, 5) is 4.21. The number of nitrogens with one attached hydrogen (secondary N) is 1. The van der Waals surface area contributed by atoms with Gasteiger partial charge in [0.25, 0.3) is 0 Å². The lowest BCUT2D eigenvalue weighted by Crippen LogP contribution is -2.20.